The second-order valence-corrected chi connectivity index (χ2v) is 3.53. The summed E-state index contributed by atoms with van der Waals surface area (Å²) >= 11 is 0. The summed E-state index contributed by atoms with van der Waals surface area (Å²) in [5.74, 6) is -0.173. The van der Waals surface area contributed by atoms with E-state index >= 15 is 0 Å². The smallest absolute Gasteiger partial charge is 0.196 e. The highest BCUT2D eigenvalue weighted by Gasteiger charge is 2.12. The van der Waals surface area contributed by atoms with Gasteiger partial charge in [0.1, 0.15) is 0 Å². The van der Waals surface area contributed by atoms with E-state index in [0.29, 0.717) is 29.1 Å². The molecule has 2 aromatic heterocycles. The summed E-state index contributed by atoms with van der Waals surface area (Å²) in [7, 11) is 0. The number of nitrogens with two attached hydrogens (primary N) is 2. The van der Waals surface area contributed by atoms with Crippen LogP contribution in [0, 0.1) is 0 Å². The van der Waals surface area contributed by atoms with Crippen LogP contribution in [0.25, 0.3) is 0 Å². The molecule has 0 bridgehead atoms. The second-order valence-electron chi connectivity index (χ2n) is 3.53. The number of carbonyl (C=O) groups excluding carboxylic acids is 1. The van der Waals surface area contributed by atoms with Gasteiger partial charge in [0.15, 0.2) is 5.78 Å². The fourth-order valence-electron chi connectivity index (χ4n) is 1.48. The van der Waals surface area contributed by atoms with Crippen molar-refractivity contribution in [3.05, 3.63) is 53.6 Å². The molecule has 0 fully saturated rings. The zero-order valence-corrected chi connectivity index (χ0v) is 9.13. The van der Waals surface area contributed by atoms with Gasteiger partial charge in [-0.1, -0.05) is 0 Å². The Hall–Kier alpha value is -2.27. The lowest BCUT2D eigenvalue weighted by atomic mass is 10.0. The van der Waals surface area contributed by atoms with Crippen LogP contribution in [0.5, 0.6) is 0 Å². The van der Waals surface area contributed by atoms with Gasteiger partial charge < -0.3 is 11.5 Å². The number of anilines is 1. The van der Waals surface area contributed by atoms with E-state index in [1.54, 1.807) is 30.6 Å². The van der Waals surface area contributed by atoms with Crippen molar-refractivity contribution in [2.24, 2.45) is 5.73 Å². The molecule has 0 spiro atoms. The summed E-state index contributed by atoms with van der Waals surface area (Å²) < 4.78 is 0. The number of hydrogen-bond acceptors (Lipinski definition) is 5. The molecule has 0 aliphatic heterocycles. The van der Waals surface area contributed by atoms with Crippen molar-refractivity contribution in [1.82, 2.24) is 9.97 Å². The summed E-state index contributed by atoms with van der Waals surface area (Å²) in [5, 5.41) is 0. The lowest BCUT2D eigenvalue weighted by Gasteiger charge is -2.04. The molecule has 0 aromatic carbocycles. The Morgan fingerprint density at radius 3 is 2.82 bits per heavy atom. The molecule has 0 saturated carbocycles. The van der Waals surface area contributed by atoms with Crippen molar-refractivity contribution in [1.29, 1.82) is 0 Å². The van der Waals surface area contributed by atoms with Gasteiger partial charge in [-0.15, -0.1) is 0 Å². The zero-order chi connectivity index (χ0) is 12.3. The predicted octanol–water partition coefficient (Wildman–Crippen LogP) is 0.749. The fraction of sp³-hybridized carbons (Fsp3) is 0.0833. The average Bonchev–Trinajstić information content (AvgIpc) is 2.38. The van der Waals surface area contributed by atoms with Gasteiger partial charge >= 0.3 is 0 Å². The second kappa shape index (κ2) is 4.71. The highest BCUT2D eigenvalue weighted by molar-refractivity contribution is 6.11. The molecule has 0 amide bonds. The number of carbonyl (C=O) groups is 1. The molecule has 0 aliphatic carbocycles. The van der Waals surface area contributed by atoms with Crippen LogP contribution < -0.4 is 11.5 Å². The van der Waals surface area contributed by atoms with Crippen LogP contribution >= 0.6 is 0 Å². The zero-order valence-electron chi connectivity index (χ0n) is 9.13. The third-order valence-corrected chi connectivity index (χ3v) is 2.39. The van der Waals surface area contributed by atoms with Gasteiger partial charge in [0.05, 0.1) is 11.3 Å². The first-order valence-electron chi connectivity index (χ1n) is 5.11. The SMILES string of the molecule is NCc1cc(C(=O)c2cnccc2N)ccn1. The van der Waals surface area contributed by atoms with E-state index in [1.165, 1.54) is 6.20 Å². The quantitative estimate of drug-likeness (QED) is 0.756. The number of ketones is 1. The van der Waals surface area contributed by atoms with Crippen LogP contribution in [0.2, 0.25) is 0 Å². The third-order valence-electron chi connectivity index (χ3n) is 2.39. The molecule has 2 rings (SSSR count). The lowest BCUT2D eigenvalue weighted by Crippen LogP contribution is -2.08. The van der Waals surface area contributed by atoms with Crippen LogP contribution in [-0.4, -0.2) is 15.8 Å². The van der Waals surface area contributed by atoms with Crippen molar-refractivity contribution in [2.45, 2.75) is 6.54 Å². The van der Waals surface area contributed by atoms with E-state index < -0.39 is 0 Å². The van der Waals surface area contributed by atoms with E-state index in [0.717, 1.165) is 0 Å². The van der Waals surface area contributed by atoms with Crippen molar-refractivity contribution in [3.8, 4) is 0 Å². The topological polar surface area (TPSA) is 94.9 Å². The minimum Gasteiger partial charge on any atom is -0.398 e. The highest BCUT2D eigenvalue weighted by atomic mass is 16.1. The van der Waals surface area contributed by atoms with Crippen LogP contribution in [0.3, 0.4) is 0 Å². The average molecular weight is 228 g/mol. The lowest BCUT2D eigenvalue weighted by molar-refractivity contribution is 0.103. The molecule has 17 heavy (non-hydrogen) atoms. The van der Waals surface area contributed by atoms with Crippen molar-refractivity contribution in [3.63, 3.8) is 0 Å². The van der Waals surface area contributed by atoms with Crippen LogP contribution in [0.1, 0.15) is 21.6 Å². The molecular weight excluding hydrogens is 216 g/mol. The van der Waals surface area contributed by atoms with Gasteiger partial charge in [-0.3, -0.25) is 14.8 Å². The molecule has 2 heterocycles. The number of nitrogen functional groups attached to an aromatic ring is 1. The predicted molar refractivity (Wildman–Crippen MR) is 64.2 cm³/mol. The van der Waals surface area contributed by atoms with E-state index in [1.807, 2.05) is 0 Å². The molecule has 2 aromatic rings. The van der Waals surface area contributed by atoms with Gasteiger partial charge in [-0.05, 0) is 18.2 Å². The summed E-state index contributed by atoms with van der Waals surface area (Å²) in [4.78, 5) is 20.1. The Bertz CT molecular complexity index is 554. The molecule has 4 N–H and O–H groups in total. The normalized spacial score (nSPS) is 10.2. The van der Waals surface area contributed by atoms with E-state index in [-0.39, 0.29) is 5.78 Å². The van der Waals surface area contributed by atoms with Crippen molar-refractivity contribution >= 4 is 11.5 Å². The first-order valence-corrected chi connectivity index (χ1v) is 5.11. The van der Waals surface area contributed by atoms with Gasteiger partial charge in [0.25, 0.3) is 0 Å². The first kappa shape index (κ1) is 11.2. The van der Waals surface area contributed by atoms with Crippen LogP contribution in [-0.2, 0) is 6.54 Å². The van der Waals surface area contributed by atoms with Gasteiger partial charge in [0, 0.05) is 36.4 Å². The monoisotopic (exact) mass is 228 g/mol. The highest BCUT2D eigenvalue weighted by Crippen LogP contribution is 2.15. The van der Waals surface area contributed by atoms with Gasteiger partial charge in [0.2, 0.25) is 0 Å². The minimum atomic E-state index is -0.173. The summed E-state index contributed by atoms with van der Waals surface area (Å²) in [6.45, 7) is 0.295. The Balaban J connectivity index is 2.40. The molecule has 5 heteroatoms. The number of hydrogen-bond donors (Lipinski definition) is 2. The molecule has 0 unspecified atom stereocenters. The standard InChI is InChI=1S/C12H12N4O/c13-6-9-5-8(1-4-16-9)12(17)10-7-15-3-2-11(10)14/h1-5,7H,6,13H2,(H2,14,15). The first-order chi connectivity index (χ1) is 8.22. The molecule has 0 radical (unpaired) electrons. The van der Waals surface area contributed by atoms with Crippen LogP contribution in [0.15, 0.2) is 36.8 Å². The maximum Gasteiger partial charge on any atom is 0.196 e. The van der Waals surface area contributed by atoms with Gasteiger partial charge in [-0.25, -0.2) is 0 Å². The van der Waals surface area contributed by atoms with E-state index in [9.17, 15) is 4.79 Å². The number of rotatable bonds is 3. The number of nitrogens with zero attached hydrogens (tertiary/aromatic N) is 2. The fourth-order valence-corrected chi connectivity index (χ4v) is 1.48. The van der Waals surface area contributed by atoms with Crippen molar-refractivity contribution in [2.75, 3.05) is 5.73 Å². The summed E-state index contributed by atoms with van der Waals surface area (Å²) in [6.07, 6.45) is 4.56. The molecule has 0 aliphatic rings. The largest absolute Gasteiger partial charge is 0.398 e. The maximum atomic E-state index is 12.1. The Morgan fingerprint density at radius 2 is 2.12 bits per heavy atom. The molecule has 86 valence electrons. The summed E-state index contributed by atoms with van der Waals surface area (Å²) in [6, 6.07) is 4.89. The minimum absolute atomic E-state index is 0.173. The Morgan fingerprint density at radius 1 is 1.29 bits per heavy atom. The van der Waals surface area contributed by atoms with E-state index in [4.69, 9.17) is 11.5 Å². The molecule has 0 atom stereocenters. The summed E-state index contributed by atoms with van der Waals surface area (Å²) in [5.41, 5.74) is 13.2. The molecule has 0 saturated heterocycles. The van der Waals surface area contributed by atoms with Crippen molar-refractivity contribution < 1.29 is 4.79 Å². The van der Waals surface area contributed by atoms with Gasteiger partial charge in [-0.2, -0.15) is 0 Å². The number of pyridine rings is 2. The maximum absolute atomic E-state index is 12.1. The number of aromatic nitrogens is 2. The Kier molecular flexibility index (Phi) is 3.11. The molecular formula is C12H12N4O. The van der Waals surface area contributed by atoms with Crippen LogP contribution in [0.4, 0.5) is 5.69 Å². The third kappa shape index (κ3) is 2.29. The molecule has 5 nitrogen and oxygen atoms in total. The van der Waals surface area contributed by atoms with E-state index in [2.05, 4.69) is 9.97 Å². The Labute approximate surface area is 98.5 Å².